The third kappa shape index (κ3) is 4.52. The molecule has 0 saturated heterocycles. The van der Waals surface area contributed by atoms with E-state index < -0.39 is 0 Å². The largest absolute Gasteiger partial charge is 0.396 e. The van der Waals surface area contributed by atoms with E-state index in [-0.39, 0.29) is 13.2 Å². The molecule has 0 aliphatic rings. The lowest BCUT2D eigenvalue weighted by Gasteiger charge is -1.98. The van der Waals surface area contributed by atoms with Gasteiger partial charge >= 0.3 is 0 Å². The Morgan fingerprint density at radius 2 is 2.06 bits per heavy atom. The molecule has 16 heavy (non-hydrogen) atoms. The molecule has 0 radical (unpaired) electrons. The minimum absolute atomic E-state index is 0.197. The Labute approximate surface area is 94.5 Å². The maximum Gasteiger partial charge on any atom is 0.0880 e. The van der Waals surface area contributed by atoms with E-state index in [2.05, 4.69) is 21.9 Å². The van der Waals surface area contributed by atoms with Crippen LogP contribution in [0.3, 0.4) is 0 Å². The summed E-state index contributed by atoms with van der Waals surface area (Å²) in [6, 6.07) is 7.84. The molecule has 1 aromatic carbocycles. The molecule has 0 aromatic heterocycles. The summed E-state index contributed by atoms with van der Waals surface area (Å²) in [6.45, 7) is 0.413. The van der Waals surface area contributed by atoms with Crippen molar-refractivity contribution >= 4 is 0 Å². The van der Waals surface area contributed by atoms with Crippen LogP contribution in [0, 0.1) is 11.8 Å². The molecule has 1 N–H and O–H groups in total. The van der Waals surface area contributed by atoms with E-state index in [4.69, 9.17) is 10.6 Å². The quantitative estimate of drug-likeness (QED) is 0.356. The van der Waals surface area contributed by atoms with Gasteiger partial charge in [-0.2, -0.15) is 0 Å². The summed E-state index contributed by atoms with van der Waals surface area (Å²) in [6.07, 6.45) is 1.66. The summed E-state index contributed by atoms with van der Waals surface area (Å²) in [5, 5.41) is 12.0. The first-order chi connectivity index (χ1) is 7.86. The molecule has 0 saturated carbocycles. The van der Waals surface area contributed by atoms with Crippen LogP contribution in [0.25, 0.3) is 10.4 Å². The van der Waals surface area contributed by atoms with Gasteiger partial charge in [-0.3, -0.25) is 0 Å². The van der Waals surface area contributed by atoms with Gasteiger partial charge in [0.1, 0.15) is 0 Å². The fourth-order valence-electron chi connectivity index (χ4n) is 1.25. The van der Waals surface area contributed by atoms with Crippen LogP contribution < -0.4 is 0 Å². The van der Waals surface area contributed by atoms with Crippen LogP contribution in [-0.2, 0) is 6.42 Å². The zero-order chi connectivity index (χ0) is 11.6. The third-order valence-corrected chi connectivity index (χ3v) is 2.02. The van der Waals surface area contributed by atoms with Gasteiger partial charge in [0.25, 0.3) is 0 Å². The Balaban J connectivity index is 2.55. The first kappa shape index (κ1) is 12.1. The molecule has 1 rings (SSSR count). The first-order valence-corrected chi connectivity index (χ1v) is 5.06. The second kappa shape index (κ2) is 7.36. The van der Waals surface area contributed by atoms with E-state index in [0.29, 0.717) is 0 Å². The highest BCUT2D eigenvalue weighted by atomic mass is 16.2. The van der Waals surface area contributed by atoms with Crippen molar-refractivity contribution in [2.45, 2.75) is 12.8 Å². The van der Waals surface area contributed by atoms with Gasteiger partial charge in [-0.05, 0) is 36.1 Å². The number of azide groups is 1. The zero-order valence-electron chi connectivity index (χ0n) is 8.93. The molecule has 0 unspecified atom stereocenters. The predicted octanol–water partition coefficient (Wildman–Crippen LogP) is 2.27. The summed E-state index contributed by atoms with van der Waals surface area (Å²) in [4.78, 5) is 2.61. The van der Waals surface area contributed by atoms with E-state index in [1.54, 1.807) is 0 Å². The van der Waals surface area contributed by atoms with Crippen LogP contribution in [0.1, 0.15) is 17.5 Å². The molecule has 4 nitrogen and oxygen atoms in total. The van der Waals surface area contributed by atoms with Gasteiger partial charge in [-0.15, -0.1) is 0 Å². The maximum atomic E-state index is 8.69. The molecule has 0 atom stereocenters. The van der Waals surface area contributed by atoms with Crippen molar-refractivity contribution in [2.75, 3.05) is 13.2 Å². The molecule has 0 bridgehead atoms. The lowest BCUT2D eigenvalue weighted by molar-refractivity contribution is 0.288. The van der Waals surface area contributed by atoms with E-state index in [1.165, 1.54) is 5.56 Å². The second-order valence-electron chi connectivity index (χ2n) is 3.21. The standard InChI is InChI=1S/C12H13N3O/c13-15-14-9-1-3-11-5-7-12(8-6-11)4-2-10-16/h5-8,16H,2,4,9-10H2. The van der Waals surface area contributed by atoms with Crippen LogP contribution in [-0.4, -0.2) is 18.3 Å². The Hall–Kier alpha value is -1.95. The van der Waals surface area contributed by atoms with Gasteiger partial charge in [-0.1, -0.05) is 29.1 Å². The topological polar surface area (TPSA) is 69.0 Å². The van der Waals surface area contributed by atoms with Gasteiger partial charge < -0.3 is 5.11 Å². The fraction of sp³-hybridized carbons (Fsp3) is 0.333. The molecule has 1 aromatic rings. The van der Waals surface area contributed by atoms with Crippen molar-refractivity contribution in [1.29, 1.82) is 0 Å². The van der Waals surface area contributed by atoms with Gasteiger partial charge in [0.15, 0.2) is 0 Å². The third-order valence-electron chi connectivity index (χ3n) is 2.02. The Morgan fingerprint density at radius 1 is 1.31 bits per heavy atom. The molecule has 82 valence electrons. The van der Waals surface area contributed by atoms with Crippen molar-refractivity contribution < 1.29 is 5.11 Å². The predicted molar refractivity (Wildman–Crippen MR) is 62.7 cm³/mol. The summed E-state index contributed by atoms with van der Waals surface area (Å²) in [5.74, 6) is 5.65. The van der Waals surface area contributed by atoms with Crippen molar-refractivity contribution in [3.63, 3.8) is 0 Å². The highest BCUT2D eigenvalue weighted by molar-refractivity contribution is 5.36. The highest BCUT2D eigenvalue weighted by Gasteiger charge is 1.92. The average molecular weight is 215 g/mol. The van der Waals surface area contributed by atoms with Crippen LogP contribution in [0.15, 0.2) is 29.4 Å². The number of aliphatic hydroxyl groups excluding tert-OH is 1. The van der Waals surface area contributed by atoms with Gasteiger partial charge in [0, 0.05) is 17.1 Å². The van der Waals surface area contributed by atoms with E-state index in [9.17, 15) is 0 Å². The molecule has 0 aliphatic carbocycles. The smallest absolute Gasteiger partial charge is 0.0880 e. The maximum absolute atomic E-state index is 8.69. The second-order valence-corrected chi connectivity index (χ2v) is 3.21. The van der Waals surface area contributed by atoms with Crippen molar-refractivity contribution in [2.24, 2.45) is 5.11 Å². The Morgan fingerprint density at radius 3 is 2.69 bits per heavy atom. The first-order valence-electron chi connectivity index (χ1n) is 5.06. The van der Waals surface area contributed by atoms with Crippen LogP contribution in [0.4, 0.5) is 0 Å². The number of benzene rings is 1. The van der Waals surface area contributed by atoms with Gasteiger partial charge in [-0.25, -0.2) is 0 Å². The highest BCUT2D eigenvalue weighted by Crippen LogP contribution is 2.05. The Kier molecular flexibility index (Phi) is 5.57. The number of aryl methyl sites for hydroxylation is 1. The van der Waals surface area contributed by atoms with Crippen molar-refractivity contribution in [3.05, 3.63) is 45.8 Å². The Bertz CT molecular complexity index is 422. The van der Waals surface area contributed by atoms with Crippen molar-refractivity contribution in [3.8, 4) is 11.8 Å². The van der Waals surface area contributed by atoms with E-state index in [0.717, 1.165) is 18.4 Å². The SMILES string of the molecule is [N-]=[N+]=NCC#Cc1ccc(CCCO)cc1. The summed E-state index contributed by atoms with van der Waals surface area (Å²) in [7, 11) is 0. The normalized spacial score (nSPS) is 8.81. The molecule has 0 aliphatic heterocycles. The molecular weight excluding hydrogens is 202 g/mol. The summed E-state index contributed by atoms with van der Waals surface area (Å²) >= 11 is 0. The fourth-order valence-corrected chi connectivity index (χ4v) is 1.25. The van der Waals surface area contributed by atoms with Crippen LogP contribution >= 0.6 is 0 Å². The minimum Gasteiger partial charge on any atom is -0.396 e. The number of hydrogen-bond acceptors (Lipinski definition) is 2. The van der Waals surface area contributed by atoms with Crippen LogP contribution in [0.2, 0.25) is 0 Å². The van der Waals surface area contributed by atoms with E-state index >= 15 is 0 Å². The lowest BCUT2D eigenvalue weighted by Crippen LogP contribution is -1.89. The van der Waals surface area contributed by atoms with E-state index in [1.807, 2.05) is 24.3 Å². The summed E-state index contributed by atoms with van der Waals surface area (Å²) < 4.78 is 0. The van der Waals surface area contributed by atoms with Crippen molar-refractivity contribution in [1.82, 2.24) is 0 Å². The molecule has 0 amide bonds. The molecule has 4 heteroatoms. The van der Waals surface area contributed by atoms with Crippen LogP contribution in [0.5, 0.6) is 0 Å². The average Bonchev–Trinajstić information content (AvgIpc) is 2.33. The number of hydrogen-bond donors (Lipinski definition) is 1. The lowest BCUT2D eigenvalue weighted by atomic mass is 10.1. The van der Waals surface area contributed by atoms with Gasteiger partial charge in [0.2, 0.25) is 0 Å². The molecule has 0 fully saturated rings. The zero-order valence-corrected chi connectivity index (χ0v) is 8.93. The molecule has 0 heterocycles. The molecule has 0 spiro atoms. The minimum atomic E-state index is 0.197. The number of aliphatic hydroxyl groups is 1. The summed E-state index contributed by atoms with van der Waals surface area (Å²) in [5.41, 5.74) is 10.1. The monoisotopic (exact) mass is 215 g/mol. The number of nitrogens with zero attached hydrogens (tertiary/aromatic N) is 3. The number of rotatable bonds is 4. The molecular formula is C12H13N3O. The van der Waals surface area contributed by atoms with Gasteiger partial charge in [0.05, 0.1) is 6.54 Å².